The van der Waals surface area contributed by atoms with E-state index in [1.54, 1.807) is 0 Å². The summed E-state index contributed by atoms with van der Waals surface area (Å²) in [6, 6.07) is -0.519. The van der Waals surface area contributed by atoms with Crippen LogP contribution in [0.1, 0.15) is 6.42 Å². The molecule has 0 aromatic heterocycles. The van der Waals surface area contributed by atoms with Gasteiger partial charge < -0.3 is 20.8 Å². The molecule has 0 spiro atoms. The Labute approximate surface area is 97.4 Å². The van der Waals surface area contributed by atoms with Gasteiger partial charge in [-0.25, -0.2) is 4.79 Å². The molecule has 0 aromatic carbocycles. The van der Waals surface area contributed by atoms with E-state index < -0.39 is 18.1 Å². The van der Waals surface area contributed by atoms with Crippen LogP contribution in [0.4, 0.5) is 0 Å². The molecule has 5 N–H and O–H groups in total. The molecular weight excluding hydrogens is 230 g/mol. The monoisotopic (exact) mass is 245 g/mol. The van der Waals surface area contributed by atoms with Crippen molar-refractivity contribution in [3.8, 4) is 0 Å². The predicted octanol–water partition coefficient (Wildman–Crippen LogP) is -2.97. The largest absolute Gasteiger partial charge is 0.479 e. The van der Waals surface area contributed by atoms with Crippen molar-refractivity contribution in [1.29, 1.82) is 0 Å². The van der Waals surface area contributed by atoms with Gasteiger partial charge in [-0.05, 0) is 0 Å². The molecule has 1 heterocycles. The molecular formula is C9H15N3O5. The molecule has 1 aliphatic rings. The van der Waals surface area contributed by atoms with Gasteiger partial charge in [-0.3, -0.25) is 14.9 Å². The maximum atomic E-state index is 11.5. The molecule has 8 nitrogen and oxygen atoms in total. The number of carbonyl (C=O) groups is 3. The number of carboxylic acid groups (broad SMARTS) is 1. The van der Waals surface area contributed by atoms with E-state index in [1.165, 1.54) is 0 Å². The van der Waals surface area contributed by atoms with Crippen LogP contribution in [-0.2, 0) is 14.4 Å². The van der Waals surface area contributed by atoms with Crippen molar-refractivity contribution in [2.24, 2.45) is 0 Å². The summed E-state index contributed by atoms with van der Waals surface area (Å²) >= 11 is 0. The van der Waals surface area contributed by atoms with Crippen molar-refractivity contribution in [2.75, 3.05) is 19.6 Å². The van der Waals surface area contributed by atoms with E-state index in [1.807, 2.05) is 0 Å². The third-order valence-electron chi connectivity index (χ3n) is 2.33. The van der Waals surface area contributed by atoms with Gasteiger partial charge >= 0.3 is 5.97 Å². The highest BCUT2D eigenvalue weighted by atomic mass is 16.4. The number of aliphatic carboxylic acids is 1. The Morgan fingerprint density at radius 3 is 2.76 bits per heavy atom. The number of carbonyl (C=O) groups excluding carboxylic acids is 2. The molecule has 0 radical (unpaired) electrons. The molecule has 1 saturated heterocycles. The zero-order valence-electron chi connectivity index (χ0n) is 9.10. The molecule has 2 amide bonds. The van der Waals surface area contributed by atoms with E-state index in [0.29, 0.717) is 0 Å². The highest BCUT2D eigenvalue weighted by molar-refractivity contribution is 5.86. The normalized spacial score (nSPS) is 21.5. The van der Waals surface area contributed by atoms with Gasteiger partial charge in [0.15, 0.2) is 6.10 Å². The van der Waals surface area contributed by atoms with E-state index in [9.17, 15) is 14.4 Å². The molecule has 1 rings (SSSR count). The second kappa shape index (κ2) is 6.16. The number of amides is 2. The minimum Gasteiger partial charge on any atom is -0.479 e. The van der Waals surface area contributed by atoms with Gasteiger partial charge in [-0.1, -0.05) is 0 Å². The molecule has 2 atom stereocenters. The lowest BCUT2D eigenvalue weighted by molar-refractivity contribution is -0.147. The van der Waals surface area contributed by atoms with Gasteiger partial charge in [-0.2, -0.15) is 0 Å². The molecule has 1 fully saturated rings. The van der Waals surface area contributed by atoms with Gasteiger partial charge in [0.2, 0.25) is 11.8 Å². The average molecular weight is 245 g/mol. The van der Waals surface area contributed by atoms with Crippen molar-refractivity contribution in [2.45, 2.75) is 18.6 Å². The summed E-state index contributed by atoms with van der Waals surface area (Å²) in [6.45, 7) is 0.348. The van der Waals surface area contributed by atoms with Crippen LogP contribution in [0, 0.1) is 0 Å². The number of piperazine rings is 1. The Hall–Kier alpha value is -1.67. The van der Waals surface area contributed by atoms with Crippen LogP contribution >= 0.6 is 0 Å². The number of nitrogens with one attached hydrogen (secondary N) is 3. The number of hydrogen-bond donors (Lipinski definition) is 5. The van der Waals surface area contributed by atoms with Gasteiger partial charge in [0.25, 0.3) is 0 Å². The van der Waals surface area contributed by atoms with E-state index >= 15 is 0 Å². The zero-order valence-corrected chi connectivity index (χ0v) is 9.10. The van der Waals surface area contributed by atoms with E-state index in [4.69, 9.17) is 10.2 Å². The van der Waals surface area contributed by atoms with E-state index in [0.717, 1.165) is 0 Å². The average Bonchev–Trinajstić information content (AvgIpc) is 2.29. The number of hydrogen-bond acceptors (Lipinski definition) is 5. The summed E-state index contributed by atoms with van der Waals surface area (Å²) in [5.41, 5.74) is 0. The van der Waals surface area contributed by atoms with Crippen molar-refractivity contribution in [3.63, 3.8) is 0 Å². The van der Waals surface area contributed by atoms with Crippen LogP contribution in [0.2, 0.25) is 0 Å². The highest BCUT2D eigenvalue weighted by Crippen LogP contribution is 1.92. The minimum atomic E-state index is -1.48. The van der Waals surface area contributed by atoms with Crippen molar-refractivity contribution < 1.29 is 24.6 Å². The number of aliphatic hydroxyl groups excluding tert-OH is 1. The molecule has 17 heavy (non-hydrogen) atoms. The molecule has 0 bridgehead atoms. The van der Waals surface area contributed by atoms with Crippen molar-refractivity contribution in [1.82, 2.24) is 16.0 Å². The lowest BCUT2D eigenvalue weighted by Crippen LogP contribution is -2.58. The zero-order chi connectivity index (χ0) is 12.8. The number of aliphatic hydroxyl groups is 1. The second-order valence-corrected chi connectivity index (χ2v) is 3.67. The predicted molar refractivity (Wildman–Crippen MR) is 56.1 cm³/mol. The molecule has 0 aromatic rings. The summed E-state index contributed by atoms with van der Waals surface area (Å²) in [5.74, 6) is -1.82. The molecule has 0 saturated carbocycles. The lowest BCUT2D eigenvalue weighted by atomic mass is 10.2. The lowest BCUT2D eigenvalue weighted by Gasteiger charge is -2.23. The topological polar surface area (TPSA) is 128 Å². The Balaban J connectivity index is 2.21. The Morgan fingerprint density at radius 1 is 1.53 bits per heavy atom. The molecule has 1 unspecified atom stereocenters. The Bertz CT molecular complexity index is 310. The fourth-order valence-corrected chi connectivity index (χ4v) is 1.33. The summed E-state index contributed by atoms with van der Waals surface area (Å²) < 4.78 is 0. The van der Waals surface area contributed by atoms with Crippen LogP contribution in [0.15, 0.2) is 0 Å². The summed E-state index contributed by atoms with van der Waals surface area (Å²) in [6.07, 6.45) is -1.53. The molecule has 1 aliphatic heterocycles. The smallest absolute Gasteiger partial charge is 0.332 e. The first-order valence-corrected chi connectivity index (χ1v) is 5.19. The van der Waals surface area contributed by atoms with Gasteiger partial charge in [-0.15, -0.1) is 0 Å². The van der Waals surface area contributed by atoms with E-state index in [2.05, 4.69) is 16.0 Å². The van der Waals surface area contributed by atoms with Crippen LogP contribution in [-0.4, -0.2) is 59.8 Å². The fraction of sp³-hybridized carbons (Fsp3) is 0.667. The van der Waals surface area contributed by atoms with Gasteiger partial charge in [0.05, 0.1) is 6.54 Å². The van der Waals surface area contributed by atoms with Crippen LogP contribution < -0.4 is 16.0 Å². The van der Waals surface area contributed by atoms with E-state index in [-0.39, 0.29) is 37.9 Å². The third kappa shape index (κ3) is 4.37. The summed E-state index contributed by atoms with van der Waals surface area (Å²) in [4.78, 5) is 32.6. The fourth-order valence-electron chi connectivity index (χ4n) is 1.33. The second-order valence-electron chi connectivity index (χ2n) is 3.67. The van der Waals surface area contributed by atoms with Crippen LogP contribution in [0.3, 0.4) is 0 Å². The number of rotatable bonds is 5. The first-order chi connectivity index (χ1) is 8.00. The maximum absolute atomic E-state index is 11.5. The quantitative estimate of drug-likeness (QED) is 0.352. The maximum Gasteiger partial charge on any atom is 0.332 e. The summed E-state index contributed by atoms with van der Waals surface area (Å²) in [7, 11) is 0. The minimum absolute atomic E-state index is 0.0554. The van der Waals surface area contributed by atoms with Gasteiger partial charge in [0, 0.05) is 19.5 Å². The first-order valence-electron chi connectivity index (χ1n) is 5.19. The van der Waals surface area contributed by atoms with Crippen molar-refractivity contribution in [3.05, 3.63) is 0 Å². The SMILES string of the molecule is O=C1CNC(C(=O)NCC[C@H](O)C(=O)O)CN1. The Morgan fingerprint density at radius 2 is 2.24 bits per heavy atom. The molecule has 8 heteroatoms. The van der Waals surface area contributed by atoms with Gasteiger partial charge in [0.1, 0.15) is 6.04 Å². The highest BCUT2D eigenvalue weighted by Gasteiger charge is 2.23. The standard InChI is InChI=1S/C9H15N3O5/c13-6(9(16)17)1-2-10-8(15)5-3-12-7(14)4-11-5/h5-6,11,13H,1-4H2,(H,10,15)(H,12,14)(H,16,17)/t5?,6-/m0/s1. The third-order valence-corrected chi connectivity index (χ3v) is 2.33. The molecule has 0 aliphatic carbocycles. The number of carboxylic acids is 1. The van der Waals surface area contributed by atoms with Crippen LogP contribution in [0.5, 0.6) is 0 Å². The first kappa shape index (κ1) is 13.4. The van der Waals surface area contributed by atoms with Crippen LogP contribution in [0.25, 0.3) is 0 Å². The van der Waals surface area contributed by atoms with Crippen molar-refractivity contribution >= 4 is 17.8 Å². The molecule has 96 valence electrons. The summed E-state index contributed by atoms with van der Waals surface area (Å²) in [5, 5.41) is 25.1. The Kier molecular flexibility index (Phi) is 4.85.